The van der Waals surface area contributed by atoms with Crippen LogP contribution in [0.25, 0.3) is 0 Å². The number of benzene rings is 1. The van der Waals surface area contributed by atoms with Gasteiger partial charge in [0.15, 0.2) is 22.2 Å². The van der Waals surface area contributed by atoms with Crippen LogP contribution >= 0.6 is 0 Å². The second-order valence-corrected chi connectivity index (χ2v) is 7.99. The number of carbonyl (C=O) groups is 1. The first kappa shape index (κ1) is 17.2. The Morgan fingerprint density at radius 1 is 1.43 bits per heavy atom. The second kappa shape index (κ2) is 6.15. The second-order valence-electron chi connectivity index (χ2n) is 5.81. The standard InChI is InChI=1S/C14H18N2O6S/c1-14(7-8-23(20,21)10-14)15(2)13(17)9-22-12-6-4-3-5-11(12)16(18)19/h3-6H,7-10H2,1-2H3. The third-order valence-electron chi connectivity index (χ3n) is 4.08. The molecule has 1 amide bonds. The molecule has 1 atom stereocenters. The number of rotatable bonds is 5. The molecule has 0 bridgehead atoms. The summed E-state index contributed by atoms with van der Waals surface area (Å²) in [5.74, 6) is -0.467. The number of amides is 1. The van der Waals surface area contributed by atoms with E-state index < -0.39 is 32.8 Å². The van der Waals surface area contributed by atoms with Gasteiger partial charge in [0.25, 0.3) is 5.91 Å². The summed E-state index contributed by atoms with van der Waals surface area (Å²) in [4.78, 5) is 23.9. The zero-order chi connectivity index (χ0) is 17.3. The first-order chi connectivity index (χ1) is 10.6. The van der Waals surface area contributed by atoms with Gasteiger partial charge in [-0.15, -0.1) is 0 Å². The molecule has 9 heteroatoms. The minimum absolute atomic E-state index is 0.00319. The van der Waals surface area contributed by atoms with Gasteiger partial charge in [-0.1, -0.05) is 12.1 Å². The van der Waals surface area contributed by atoms with Gasteiger partial charge in [0.05, 0.1) is 22.0 Å². The molecule has 1 fully saturated rings. The predicted molar refractivity (Wildman–Crippen MR) is 83.0 cm³/mol. The number of nitro benzene ring substituents is 1. The molecule has 23 heavy (non-hydrogen) atoms. The van der Waals surface area contributed by atoms with Gasteiger partial charge in [0.1, 0.15) is 0 Å². The molecule has 1 aliphatic heterocycles. The van der Waals surface area contributed by atoms with Gasteiger partial charge in [0.2, 0.25) is 0 Å². The summed E-state index contributed by atoms with van der Waals surface area (Å²) in [6, 6.07) is 5.77. The van der Waals surface area contributed by atoms with Gasteiger partial charge in [-0.25, -0.2) is 8.42 Å². The first-order valence-electron chi connectivity index (χ1n) is 6.98. The van der Waals surface area contributed by atoms with Gasteiger partial charge >= 0.3 is 5.69 Å². The number of sulfone groups is 1. The Balaban J connectivity index is 2.04. The van der Waals surface area contributed by atoms with Gasteiger partial charge in [0, 0.05) is 13.1 Å². The minimum atomic E-state index is -3.14. The number of likely N-dealkylation sites (N-methyl/N-ethyl adjacent to an activating group) is 1. The quantitative estimate of drug-likeness (QED) is 0.584. The number of ether oxygens (including phenoxy) is 1. The van der Waals surface area contributed by atoms with Crippen LogP contribution in [0.15, 0.2) is 24.3 Å². The maximum Gasteiger partial charge on any atom is 0.310 e. The Labute approximate surface area is 134 Å². The lowest BCUT2D eigenvalue weighted by Gasteiger charge is -2.34. The van der Waals surface area contributed by atoms with Crippen LogP contribution in [0.2, 0.25) is 0 Å². The van der Waals surface area contributed by atoms with Crippen LogP contribution < -0.4 is 4.74 Å². The van der Waals surface area contributed by atoms with E-state index in [0.29, 0.717) is 6.42 Å². The zero-order valence-electron chi connectivity index (χ0n) is 12.9. The predicted octanol–water partition coefficient (Wildman–Crippen LogP) is 1.01. The summed E-state index contributed by atoms with van der Waals surface area (Å²) in [5.41, 5.74) is -1.00. The van der Waals surface area contributed by atoms with E-state index >= 15 is 0 Å². The Bertz CT molecular complexity index is 733. The zero-order valence-corrected chi connectivity index (χ0v) is 13.7. The Kier molecular flexibility index (Phi) is 4.60. The van der Waals surface area contributed by atoms with Crippen molar-refractivity contribution in [2.75, 3.05) is 25.2 Å². The summed E-state index contributed by atoms with van der Waals surface area (Å²) in [6.07, 6.45) is 0.364. The van der Waals surface area contributed by atoms with E-state index in [-0.39, 0.29) is 22.9 Å². The van der Waals surface area contributed by atoms with E-state index in [1.165, 1.54) is 30.1 Å². The molecule has 1 heterocycles. The van der Waals surface area contributed by atoms with E-state index in [1.54, 1.807) is 13.0 Å². The molecule has 1 aromatic rings. The van der Waals surface area contributed by atoms with Crippen molar-refractivity contribution in [3.8, 4) is 5.75 Å². The maximum atomic E-state index is 12.2. The third kappa shape index (κ3) is 3.79. The molecule has 0 aliphatic carbocycles. The highest BCUT2D eigenvalue weighted by Gasteiger charge is 2.43. The topological polar surface area (TPSA) is 107 Å². The fourth-order valence-electron chi connectivity index (χ4n) is 2.53. The molecule has 1 aliphatic rings. The SMILES string of the molecule is CN(C(=O)COc1ccccc1[N+](=O)[O-])C1(C)CCS(=O)(=O)C1. The lowest BCUT2D eigenvalue weighted by Crippen LogP contribution is -2.49. The van der Waals surface area contributed by atoms with Gasteiger partial charge in [-0.2, -0.15) is 0 Å². The Hall–Kier alpha value is -2.16. The fourth-order valence-corrected chi connectivity index (χ4v) is 4.71. The summed E-state index contributed by atoms with van der Waals surface area (Å²) < 4.78 is 28.5. The molecule has 8 nitrogen and oxygen atoms in total. The van der Waals surface area contributed by atoms with Crippen LogP contribution in [0, 0.1) is 10.1 Å². The van der Waals surface area contributed by atoms with E-state index in [1.807, 2.05) is 0 Å². The van der Waals surface area contributed by atoms with Crippen molar-refractivity contribution in [2.45, 2.75) is 18.9 Å². The van der Waals surface area contributed by atoms with E-state index in [2.05, 4.69) is 0 Å². The largest absolute Gasteiger partial charge is 0.477 e. The van der Waals surface area contributed by atoms with Crippen LogP contribution in [0.1, 0.15) is 13.3 Å². The molecular weight excluding hydrogens is 324 g/mol. The molecule has 2 rings (SSSR count). The number of hydrogen-bond donors (Lipinski definition) is 0. The smallest absolute Gasteiger partial charge is 0.310 e. The first-order valence-corrected chi connectivity index (χ1v) is 8.80. The molecule has 0 spiro atoms. The van der Waals surface area contributed by atoms with E-state index in [0.717, 1.165) is 0 Å². The molecule has 1 unspecified atom stereocenters. The van der Waals surface area contributed by atoms with Crippen molar-refractivity contribution in [3.05, 3.63) is 34.4 Å². The summed E-state index contributed by atoms with van der Waals surface area (Å²) in [5, 5.41) is 10.9. The molecule has 0 aromatic heterocycles. The average Bonchev–Trinajstić information content (AvgIpc) is 2.79. The molecule has 0 radical (unpaired) electrons. The minimum Gasteiger partial charge on any atom is -0.477 e. The molecule has 0 N–H and O–H groups in total. The van der Waals surface area contributed by atoms with Crippen molar-refractivity contribution in [3.63, 3.8) is 0 Å². The molecular formula is C14H18N2O6S. The number of para-hydroxylation sites is 2. The van der Waals surface area contributed by atoms with E-state index in [4.69, 9.17) is 4.74 Å². The van der Waals surface area contributed by atoms with E-state index in [9.17, 15) is 23.3 Å². The van der Waals surface area contributed by atoms with Crippen molar-refractivity contribution < 1.29 is 22.9 Å². The van der Waals surface area contributed by atoms with Crippen molar-refractivity contribution in [2.24, 2.45) is 0 Å². The summed E-state index contributed by atoms with van der Waals surface area (Å²) in [6.45, 7) is 1.32. The maximum absolute atomic E-state index is 12.2. The third-order valence-corrected chi connectivity index (χ3v) is 5.97. The number of carbonyl (C=O) groups excluding carboxylic acids is 1. The summed E-state index contributed by atoms with van der Waals surface area (Å²) in [7, 11) is -1.62. The molecule has 0 saturated carbocycles. The molecule has 1 aromatic carbocycles. The Morgan fingerprint density at radius 2 is 2.09 bits per heavy atom. The highest BCUT2D eigenvalue weighted by atomic mass is 32.2. The van der Waals surface area contributed by atoms with Crippen LogP contribution in [0.4, 0.5) is 5.69 Å². The van der Waals surface area contributed by atoms with Crippen LogP contribution in [-0.4, -0.2) is 54.8 Å². The highest BCUT2D eigenvalue weighted by Crippen LogP contribution is 2.29. The van der Waals surface area contributed by atoms with Gasteiger partial charge < -0.3 is 9.64 Å². The Morgan fingerprint density at radius 3 is 2.65 bits per heavy atom. The number of hydrogen-bond acceptors (Lipinski definition) is 6. The fraction of sp³-hybridized carbons (Fsp3) is 0.500. The van der Waals surface area contributed by atoms with Gasteiger partial charge in [-0.05, 0) is 19.4 Å². The molecule has 126 valence electrons. The van der Waals surface area contributed by atoms with Gasteiger partial charge in [-0.3, -0.25) is 14.9 Å². The lowest BCUT2D eigenvalue weighted by atomic mass is 10.00. The average molecular weight is 342 g/mol. The van der Waals surface area contributed by atoms with Crippen molar-refractivity contribution in [1.29, 1.82) is 0 Å². The lowest BCUT2D eigenvalue weighted by molar-refractivity contribution is -0.385. The van der Waals surface area contributed by atoms with Crippen molar-refractivity contribution >= 4 is 21.4 Å². The van der Waals surface area contributed by atoms with Crippen molar-refractivity contribution in [1.82, 2.24) is 4.90 Å². The molecule has 1 saturated heterocycles. The van der Waals surface area contributed by atoms with Crippen LogP contribution in [0.5, 0.6) is 5.75 Å². The number of nitro groups is 1. The highest BCUT2D eigenvalue weighted by molar-refractivity contribution is 7.91. The van der Waals surface area contributed by atoms with Crippen LogP contribution in [0.3, 0.4) is 0 Å². The summed E-state index contributed by atoms with van der Waals surface area (Å²) >= 11 is 0. The monoisotopic (exact) mass is 342 g/mol. The van der Waals surface area contributed by atoms with Crippen LogP contribution in [-0.2, 0) is 14.6 Å². The number of nitrogens with zero attached hydrogens (tertiary/aromatic N) is 2. The normalized spacial score (nSPS) is 22.5.